The maximum absolute atomic E-state index is 11.9. The van der Waals surface area contributed by atoms with Crippen molar-refractivity contribution in [2.24, 2.45) is 5.92 Å². The molecular formula is C13H18N2O3S. The molecule has 1 aromatic rings. The summed E-state index contributed by atoms with van der Waals surface area (Å²) in [6, 6.07) is 3.20. The zero-order valence-electron chi connectivity index (χ0n) is 10.8. The summed E-state index contributed by atoms with van der Waals surface area (Å²) in [5, 5.41) is 15.3. The third-order valence-corrected chi connectivity index (χ3v) is 4.07. The molecule has 0 bridgehead atoms. The lowest BCUT2D eigenvalue weighted by Crippen LogP contribution is -2.36. The monoisotopic (exact) mass is 282 g/mol. The molecule has 0 aliphatic heterocycles. The van der Waals surface area contributed by atoms with Gasteiger partial charge >= 0.3 is 0 Å². The molecule has 2 amide bonds. The largest absolute Gasteiger partial charge is 0.394 e. The van der Waals surface area contributed by atoms with Crippen LogP contribution < -0.4 is 10.6 Å². The predicted octanol–water partition coefficient (Wildman–Crippen LogP) is 1.60. The lowest BCUT2D eigenvalue weighted by atomic mass is 10.2. The molecule has 6 heteroatoms. The van der Waals surface area contributed by atoms with Crippen molar-refractivity contribution in [1.82, 2.24) is 5.32 Å². The average molecular weight is 282 g/mol. The van der Waals surface area contributed by atoms with Crippen LogP contribution in [0.15, 0.2) is 12.1 Å². The zero-order chi connectivity index (χ0) is 13.8. The minimum atomic E-state index is -0.223. The highest BCUT2D eigenvalue weighted by Crippen LogP contribution is 2.31. The van der Waals surface area contributed by atoms with E-state index in [4.69, 9.17) is 5.11 Å². The standard InChI is InChI=1S/C13H18N2O3S/c1-2-9(7-16)14-13(18)10-5-6-11(19-10)15-12(17)8-3-4-8/h5-6,8-9,16H,2-4,7H2,1H3,(H,14,18)(H,15,17)/t9-/m1/s1. The second kappa shape index (κ2) is 6.16. The van der Waals surface area contributed by atoms with Crippen LogP contribution in [0.2, 0.25) is 0 Å². The van der Waals surface area contributed by atoms with Crippen LogP contribution in [0.5, 0.6) is 0 Å². The quantitative estimate of drug-likeness (QED) is 0.741. The number of nitrogens with one attached hydrogen (secondary N) is 2. The van der Waals surface area contributed by atoms with Crippen molar-refractivity contribution in [3.05, 3.63) is 17.0 Å². The van der Waals surface area contributed by atoms with Crippen LogP contribution >= 0.6 is 11.3 Å². The summed E-state index contributed by atoms with van der Waals surface area (Å²) in [6.07, 6.45) is 2.59. The molecule has 0 spiro atoms. The normalized spacial score (nSPS) is 15.9. The van der Waals surface area contributed by atoms with Gasteiger partial charge in [0.1, 0.15) is 0 Å². The molecule has 0 unspecified atom stereocenters. The molecule has 2 rings (SSSR count). The minimum absolute atomic E-state index is 0.0376. The van der Waals surface area contributed by atoms with Gasteiger partial charge in [-0.05, 0) is 31.4 Å². The Morgan fingerprint density at radius 3 is 2.79 bits per heavy atom. The number of thiophene rings is 1. The lowest BCUT2D eigenvalue weighted by Gasteiger charge is -2.12. The van der Waals surface area contributed by atoms with E-state index in [9.17, 15) is 9.59 Å². The summed E-state index contributed by atoms with van der Waals surface area (Å²) in [5.41, 5.74) is 0. The Morgan fingerprint density at radius 2 is 2.21 bits per heavy atom. The van der Waals surface area contributed by atoms with Crippen molar-refractivity contribution in [2.75, 3.05) is 11.9 Å². The van der Waals surface area contributed by atoms with Crippen LogP contribution in [0.3, 0.4) is 0 Å². The van der Waals surface area contributed by atoms with Crippen LogP contribution in [0.25, 0.3) is 0 Å². The van der Waals surface area contributed by atoms with Gasteiger partial charge in [-0.2, -0.15) is 0 Å². The Hall–Kier alpha value is -1.40. The van der Waals surface area contributed by atoms with E-state index >= 15 is 0 Å². The number of hydrogen-bond acceptors (Lipinski definition) is 4. The zero-order valence-corrected chi connectivity index (χ0v) is 11.6. The second-order valence-corrected chi connectivity index (χ2v) is 5.77. The van der Waals surface area contributed by atoms with Crippen molar-refractivity contribution >= 4 is 28.2 Å². The van der Waals surface area contributed by atoms with E-state index in [-0.39, 0.29) is 30.4 Å². The first-order valence-corrected chi connectivity index (χ1v) is 7.28. The van der Waals surface area contributed by atoms with Gasteiger partial charge in [-0.25, -0.2) is 0 Å². The van der Waals surface area contributed by atoms with Crippen LogP contribution in [0.1, 0.15) is 35.9 Å². The van der Waals surface area contributed by atoms with Crippen LogP contribution in [-0.2, 0) is 4.79 Å². The summed E-state index contributed by atoms with van der Waals surface area (Å²) in [4.78, 5) is 24.0. The molecule has 19 heavy (non-hydrogen) atoms. The van der Waals surface area contributed by atoms with Crippen molar-refractivity contribution in [1.29, 1.82) is 0 Å². The number of carbonyl (C=O) groups excluding carboxylic acids is 2. The second-order valence-electron chi connectivity index (χ2n) is 4.69. The Balaban J connectivity index is 1.91. The van der Waals surface area contributed by atoms with E-state index in [0.717, 1.165) is 12.8 Å². The SMILES string of the molecule is CC[C@H](CO)NC(=O)c1ccc(NC(=O)C2CC2)s1. The van der Waals surface area contributed by atoms with Gasteiger partial charge in [0.25, 0.3) is 5.91 Å². The molecule has 1 heterocycles. The average Bonchev–Trinajstić information content (AvgIpc) is 3.16. The highest BCUT2D eigenvalue weighted by Gasteiger charge is 2.29. The first-order valence-electron chi connectivity index (χ1n) is 6.46. The van der Waals surface area contributed by atoms with Gasteiger partial charge in [0, 0.05) is 5.92 Å². The fourth-order valence-electron chi connectivity index (χ4n) is 1.63. The first-order chi connectivity index (χ1) is 9.13. The summed E-state index contributed by atoms with van der Waals surface area (Å²) in [5.74, 6) is -0.0216. The molecule has 1 aromatic heterocycles. The number of amides is 2. The summed E-state index contributed by atoms with van der Waals surface area (Å²) in [6.45, 7) is 1.83. The third kappa shape index (κ3) is 3.78. The van der Waals surface area contributed by atoms with Crippen molar-refractivity contribution < 1.29 is 14.7 Å². The molecule has 1 aliphatic rings. The molecule has 1 saturated carbocycles. The van der Waals surface area contributed by atoms with Crippen LogP contribution in [0.4, 0.5) is 5.00 Å². The van der Waals surface area contributed by atoms with Gasteiger partial charge < -0.3 is 15.7 Å². The van der Waals surface area contributed by atoms with E-state index in [1.54, 1.807) is 12.1 Å². The Kier molecular flexibility index (Phi) is 4.55. The predicted molar refractivity (Wildman–Crippen MR) is 74.3 cm³/mol. The Morgan fingerprint density at radius 1 is 1.47 bits per heavy atom. The molecule has 0 radical (unpaired) electrons. The number of aliphatic hydroxyl groups excluding tert-OH is 1. The molecule has 104 valence electrons. The first kappa shape index (κ1) is 14.0. The Labute approximate surface area is 116 Å². The van der Waals surface area contributed by atoms with Gasteiger partial charge in [-0.1, -0.05) is 6.92 Å². The number of carbonyl (C=O) groups is 2. The molecular weight excluding hydrogens is 264 g/mol. The molecule has 0 saturated heterocycles. The smallest absolute Gasteiger partial charge is 0.261 e. The fraction of sp³-hybridized carbons (Fsp3) is 0.538. The molecule has 1 fully saturated rings. The lowest BCUT2D eigenvalue weighted by molar-refractivity contribution is -0.117. The van der Waals surface area contributed by atoms with E-state index < -0.39 is 0 Å². The van der Waals surface area contributed by atoms with Gasteiger partial charge in [0.2, 0.25) is 5.91 Å². The molecule has 0 aromatic carbocycles. The minimum Gasteiger partial charge on any atom is -0.394 e. The van der Waals surface area contributed by atoms with Crippen LogP contribution in [-0.4, -0.2) is 29.6 Å². The highest BCUT2D eigenvalue weighted by molar-refractivity contribution is 7.18. The molecule has 1 aliphatic carbocycles. The topological polar surface area (TPSA) is 78.4 Å². The van der Waals surface area contributed by atoms with E-state index in [1.165, 1.54) is 11.3 Å². The van der Waals surface area contributed by atoms with Gasteiger partial charge in [-0.15, -0.1) is 11.3 Å². The Bertz CT molecular complexity index is 464. The van der Waals surface area contributed by atoms with E-state index in [1.807, 2.05) is 6.92 Å². The van der Waals surface area contributed by atoms with Crippen LogP contribution in [0, 0.1) is 5.92 Å². The maximum atomic E-state index is 11.9. The number of anilines is 1. The highest BCUT2D eigenvalue weighted by atomic mass is 32.1. The molecule has 3 N–H and O–H groups in total. The third-order valence-electron chi connectivity index (χ3n) is 3.07. The van der Waals surface area contributed by atoms with Gasteiger partial charge in [0.15, 0.2) is 0 Å². The van der Waals surface area contributed by atoms with Gasteiger partial charge in [0.05, 0.1) is 22.5 Å². The van der Waals surface area contributed by atoms with E-state index in [0.29, 0.717) is 16.3 Å². The summed E-state index contributed by atoms with van der Waals surface area (Å²) >= 11 is 1.25. The molecule has 5 nitrogen and oxygen atoms in total. The molecule has 1 atom stereocenters. The van der Waals surface area contributed by atoms with Crippen molar-refractivity contribution in [3.8, 4) is 0 Å². The number of hydrogen-bond donors (Lipinski definition) is 3. The fourth-order valence-corrected chi connectivity index (χ4v) is 2.44. The van der Waals surface area contributed by atoms with Gasteiger partial charge in [-0.3, -0.25) is 9.59 Å². The van der Waals surface area contributed by atoms with Crippen molar-refractivity contribution in [2.45, 2.75) is 32.2 Å². The number of aliphatic hydroxyl groups is 1. The maximum Gasteiger partial charge on any atom is 0.261 e. The van der Waals surface area contributed by atoms with Crippen molar-refractivity contribution in [3.63, 3.8) is 0 Å². The van der Waals surface area contributed by atoms with E-state index in [2.05, 4.69) is 10.6 Å². The summed E-state index contributed by atoms with van der Waals surface area (Å²) < 4.78 is 0. The summed E-state index contributed by atoms with van der Waals surface area (Å²) in [7, 11) is 0. The number of rotatable bonds is 6.